The first-order chi connectivity index (χ1) is 9.88. The summed E-state index contributed by atoms with van der Waals surface area (Å²) in [4.78, 5) is 11.8. The van der Waals surface area contributed by atoms with E-state index in [1.54, 1.807) is 18.2 Å². The number of benzene rings is 2. The van der Waals surface area contributed by atoms with Gasteiger partial charge in [-0.25, -0.2) is 12.8 Å². The summed E-state index contributed by atoms with van der Waals surface area (Å²) in [5.74, 6) is -2.10. The molecular weight excluding hydrogens is 295 g/mol. The molecule has 0 radical (unpaired) electrons. The molecule has 7 heteroatoms. The predicted octanol–water partition coefficient (Wildman–Crippen LogP) is 1.82. The van der Waals surface area contributed by atoms with Crippen molar-refractivity contribution in [2.75, 3.05) is 16.8 Å². The molecule has 0 bridgehead atoms. The van der Waals surface area contributed by atoms with Crippen molar-refractivity contribution in [1.82, 2.24) is 0 Å². The number of halogens is 1. The SMILES string of the molecule is Nc1ccc(F)cc1NC(=O)CS(=O)(=O)c1ccccc1. The third-order valence-corrected chi connectivity index (χ3v) is 4.35. The highest BCUT2D eigenvalue weighted by Gasteiger charge is 2.19. The third kappa shape index (κ3) is 3.79. The first-order valence-corrected chi connectivity index (χ1v) is 7.66. The summed E-state index contributed by atoms with van der Waals surface area (Å²) in [7, 11) is -3.75. The lowest BCUT2D eigenvalue weighted by atomic mass is 10.2. The Kier molecular flexibility index (Phi) is 4.23. The smallest absolute Gasteiger partial charge is 0.240 e. The van der Waals surface area contributed by atoms with Crippen LogP contribution >= 0.6 is 0 Å². The summed E-state index contributed by atoms with van der Waals surface area (Å²) in [5.41, 5.74) is 5.78. The maximum atomic E-state index is 13.1. The molecule has 3 N–H and O–H groups in total. The maximum Gasteiger partial charge on any atom is 0.240 e. The van der Waals surface area contributed by atoms with Gasteiger partial charge in [-0.05, 0) is 30.3 Å². The van der Waals surface area contributed by atoms with Gasteiger partial charge in [0, 0.05) is 0 Å². The molecule has 0 aliphatic heterocycles. The fourth-order valence-electron chi connectivity index (χ4n) is 1.71. The molecule has 0 saturated heterocycles. The third-order valence-electron chi connectivity index (χ3n) is 2.71. The molecule has 0 atom stereocenters. The van der Waals surface area contributed by atoms with E-state index in [1.165, 1.54) is 18.2 Å². The highest BCUT2D eigenvalue weighted by Crippen LogP contribution is 2.19. The Hall–Kier alpha value is -2.41. The van der Waals surface area contributed by atoms with Gasteiger partial charge in [0.15, 0.2) is 9.84 Å². The molecular formula is C14H13FN2O3S. The number of anilines is 2. The Morgan fingerprint density at radius 3 is 2.48 bits per heavy atom. The number of hydrogen-bond acceptors (Lipinski definition) is 4. The van der Waals surface area contributed by atoms with Gasteiger partial charge in [-0.2, -0.15) is 0 Å². The zero-order valence-corrected chi connectivity index (χ0v) is 11.7. The molecule has 0 heterocycles. The number of rotatable bonds is 4. The molecule has 2 rings (SSSR count). The van der Waals surface area contributed by atoms with E-state index in [0.717, 1.165) is 12.1 Å². The average molecular weight is 308 g/mol. The van der Waals surface area contributed by atoms with E-state index >= 15 is 0 Å². The quantitative estimate of drug-likeness (QED) is 0.843. The van der Waals surface area contributed by atoms with Crippen LogP contribution in [0.4, 0.5) is 15.8 Å². The minimum absolute atomic E-state index is 0.0447. The van der Waals surface area contributed by atoms with Crippen molar-refractivity contribution in [3.63, 3.8) is 0 Å². The summed E-state index contributed by atoms with van der Waals surface area (Å²) in [6, 6.07) is 11.1. The van der Waals surface area contributed by atoms with Crippen LogP contribution < -0.4 is 11.1 Å². The maximum absolute atomic E-state index is 13.1. The van der Waals surface area contributed by atoms with Gasteiger partial charge in [-0.3, -0.25) is 4.79 Å². The van der Waals surface area contributed by atoms with Crippen molar-refractivity contribution in [2.45, 2.75) is 4.90 Å². The lowest BCUT2D eigenvalue weighted by Gasteiger charge is -2.09. The summed E-state index contributed by atoms with van der Waals surface area (Å²) in [6.07, 6.45) is 0. The zero-order chi connectivity index (χ0) is 15.5. The molecule has 0 fully saturated rings. The van der Waals surface area contributed by atoms with Crippen molar-refractivity contribution in [2.24, 2.45) is 0 Å². The lowest BCUT2D eigenvalue weighted by molar-refractivity contribution is -0.113. The van der Waals surface area contributed by atoms with E-state index in [4.69, 9.17) is 5.73 Å². The molecule has 2 aromatic rings. The van der Waals surface area contributed by atoms with E-state index in [0.29, 0.717) is 0 Å². The number of sulfone groups is 1. The van der Waals surface area contributed by atoms with Gasteiger partial charge in [0.05, 0.1) is 16.3 Å². The molecule has 0 saturated carbocycles. The Morgan fingerprint density at radius 2 is 1.81 bits per heavy atom. The molecule has 5 nitrogen and oxygen atoms in total. The monoisotopic (exact) mass is 308 g/mol. The number of nitrogen functional groups attached to an aromatic ring is 1. The van der Waals surface area contributed by atoms with Crippen LogP contribution in [0.2, 0.25) is 0 Å². The number of nitrogens with one attached hydrogen (secondary N) is 1. The van der Waals surface area contributed by atoms with Gasteiger partial charge in [0.1, 0.15) is 11.6 Å². The molecule has 21 heavy (non-hydrogen) atoms. The molecule has 0 aliphatic carbocycles. The minimum Gasteiger partial charge on any atom is -0.397 e. The Balaban J connectivity index is 2.14. The minimum atomic E-state index is -3.75. The van der Waals surface area contributed by atoms with Crippen LogP contribution in [0.1, 0.15) is 0 Å². The summed E-state index contributed by atoms with van der Waals surface area (Å²) < 4.78 is 37.1. The predicted molar refractivity (Wildman–Crippen MR) is 77.9 cm³/mol. The van der Waals surface area contributed by atoms with Crippen LogP contribution in [0.3, 0.4) is 0 Å². The van der Waals surface area contributed by atoms with Crippen LogP contribution in [0, 0.1) is 5.82 Å². The van der Waals surface area contributed by atoms with Crippen LogP contribution in [0.15, 0.2) is 53.4 Å². The Labute approximate surface area is 121 Å². The van der Waals surface area contributed by atoms with Gasteiger partial charge < -0.3 is 11.1 Å². The highest BCUT2D eigenvalue weighted by molar-refractivity contribution is 7.92. The summed E-state index contributed by atoms with van der Waals surface area (Å²) in [5, 5.41) is 2.29. The van der Waals surface area contributed by atoms with Crippen molar-refractivity contribution in [1.29, 1.82) is 0 Å². The Bertz CT molecular complexity index is 761. The fourth-order valence-corrected chi connectivity index (χ4v) is 2.86. The Morgan fingerprint density at radius 1 is 1.14 bits per heavy atom. The second-order valence-electron chi connectivity index (χ2n) is 4.35. The zero-order valence-electron chi connectivity index (χ0n) is 10.9. The first-order valence-electron chi connectivity index (χ1n) is 6.01. The van der Waals surface area contributed by atoms with Crippen molar-refractivity contribution in [3.8, 4) is 0 Å². The van der Waals surface area contributed by atoms with E-state index in [9.17, 15) is 17.6 Å². The molecule has 1 amide bonds. The normalized spacial score (nSPS) is 11.1. The van der Waals surface area contributed by atoms with E-state index in [-0.39, 0.29) is 16.3 Å². The van der Waals surface area contributed by atoms with Gasteiger partial charge in [0.2, 0.25) is 5.91 Å². The van der Waals surface area contributed by atoms with Crippen molar-refractivity contribution < 1.29 is 17.6 Å². The van der Waals surface area contributed by atoms with E-state index in [1.807, 2.05) is 0 Å². The van der Waals surface area contributed by atoms with Crippen LogP contribution in [0.25, 0.3) is 0 Å². The van der Waals surface area contributed by atoms with Crippen molar-refractivity contribution >= 4 is 27.1 Å². The molecule has 0 unspecified atom stereocenters. The molecule has 0 aliphatic rings. The second-order valence-corrected chi connectivity index (χ2v) is 6.34. The highest BCUT2D eigenvalue weighted by atomic mass is 32.2. The van der Waals surface area contributed by atoms with Crippen molar-refractivity contribution in [3.05, 3.63) is 54.3 Å². The number of carbonyl (C=O) groups excluding carboxylic acids is 1. The van der Waals surface area contributed by atoms with Gasteiger partial charge >= 0.3 is 0 Å². The lowest BCUT2D eigenvalue weighted by Crippen LogP contribution is -2.23. The standard InChI is InChI=1S/C14H13FN2O3S/c15-10-6-7-12(16)13(8-10)17-14(18)9-21(19,20)11-4-2-1-3-5-11/h1-8H,9,16H2,(H,17,18). The van der Waals surface area contributed by atoms with Crippen LogP contribution in [0.5, 0.6) is 0 Å². The largest absolute Gasteiger partial charge is 0.397 e. The number of hydrogen-bond donors (Lipinski definition) is 2. The van der Waals surface area contributed by atoms with E-state index < -0.39 is 27.3 Å². The van der Waals surface area contributed by atoms with Crippen LogP contribution in [-0.2, 0) is 14.6 Å². The molecule has 2 aromatic carbocycles. The summed E-state index contributed by atoms with van der Waals surface area (Å²) >= 11 is 0. The van der Waals surface area contributed by atoms with Gasteiger partial charge in [-0.15, -0.1) is 0 Å². The topological polar surface area (TPSA) is 89.3 Å². The number of amides is 1. The first kappa shape index (κ1) is 15.0. The van der Waals surface area contributed by atoms with Gasteiger partial charge in [0.25, 0.3) is 0 Å². The van der Waals surface area contributed by atoms with Crippen LogP contribution in [-0.4, -0.2) is 20.1 Å². The number of nitrogens with two attached hydrogens (primary N) is 1. The fraction of sp³-hybridized carbons (Fsp3) is 0.0714. The average Bonchev–Trinajstić information content (AvgIpc) is 2.43. The molecule has 110 valence electrons. The van der Waals surface area contributed by atoms with E-state index in [2.05, 4.69) is 5.32 Å². The number of carbonyl (C=O) groups is 1. The second kappa shape index (κ2) is 5.92. The molecule has 0 aromatic heterocycles. The summed E-state index contributed by atoms with van der Waals surface area (Å²) in [6.45, 7) is 0. The molecule has 0 spiro atoms. The van der Waals surface area contributed by atoms with Gasteiger partial charge in [-0.1, -0.05) is 18.2 Å².